The molecule has 1 aromatic heterocycles. The number of hydrogen-bond acceptors (Lipinski definition) is 3. The van der Waals surface area contributed by atoms with Gasteiger partial charge in [-0.15, -0.1) is 0 Å². The molecule has 5 heteroatoms. The van der Waals surface area contributed by atoms with Crippen LogP contribution >= 0.6 is 0 Å². The lowest BCUT2D eigenvalue weighted by Gasteiger charge is -2.24. The number of benzene rings is 1. The fourth-order valence-corrected chi connectivity index (χ4v) is 3.42. The molecule has 1 saturated heterocycles. The number of amides is 1. The quantitative estimate of drug-likeness (QED) is 0.769. The van der Waals surface area contributed by atoms with Crippen LogP contribution in [-0.4, -0.2) is 40.1 Å². The average molecular weight is 315 g/mol. The summed E-state index contributed by atoms with van der Waals surface area (Å²) in [6.07, 6.45) is 2.59. The molecule has 1 aliphatic rings. The molecule has 23 heavy (non-hydrogen) atoms. The maximum atomic E-state index is 12.2. The van der Waals surface area contributed by atoms with Gasteiger partial charge >= 0.3 is 0 Å². The van der Waals surface area contributed by atoms with Crippen LogP contribution in [0.5, 0.6) is 0 Å². The summed E-state index contributed by atoms with van der Waals surface area (Å²) < 4.78 is 7.77. The third-order valence-electron chi connectivity index (χ3n) is 4.52. The third-order valence-corrected chi connectivity index (χ3v) is 4.52. The number of para-hydroxylation sites is 2. The van der Waals surface area contributed by atoms with Crippen LogP contribution in [0.25, 0.3) is 11.0 Å². The summed E-state index contributed by atoms with van der Waals surface area (Å²) in [5.74, 6) is 1.22. The summed E-state index contributed by atoms with van der Waals surface area (Å²) in [5.41, 5.74) is 2.12. The van der Waals surface area contributed by atoms with Gasteiger partial charge in [-0.2, -0.15) is 0 Å². The number of hydrogen-bond donors (Lipinski definition) is 0. The first-order chi connectivity index (χ1) is 11.3. The minimum atomic E-state index is 0.0940. The maximum Gasteiger partial charge on any atom is 0.222 e. The molecule has 3 rings (SSSR count). The van der Waals surface area contributed by atoms with Crippen molar-refractivity contribution in [2.75, 3.05) is 19.8 Å². The van der Waals surface area contributed by atoms with Gasteiger partial charge in [-0.3, -0.25) is 4.79 Å². The molecule has 2 heterocycles. The highest BCUT2D eigenvalue weighted by atomic mass is 16.5. The Bertz CT molecular complexity index is 680. The fraction of sp³-hybridized carbons (Fsp3) is 0.556. The van der Waals surface area contributed by atoms with Crippen molar-refractivity contribution in [3.05, 3.63) is 30.1 Å². The van der Waals surface area contributed by atoms with Crippen LogP contribution in [-0.2, 0) is 16.1 Å². The Labute approximate surface area is 137 Å². The number of carbonyl (C=O) groups is 1. The molecular formula is C18H25N3O2. The van der Waals surface area contributed by atoms with E-state index in [2.05, 4.69) is 10.6 Å². The second-order valence-electron chi connectivity index (χ2n) is 5.91. The second kappa shape index (κ2) is 7.13. The van der Waals surface area contributed by atoms with Crippen molar-refractivity contribution >= 4 is 16.9 Å². The van der Waals surface area contributed by atoms with Crippen molar-refractivity contribution in [1.82, 2.24) is 14.5 Å². The van der Waals surface area contributed by atoms with Gasteiger partial charge < -0.3 is 14.2 Å². The van der Waals surface area contributed by atoms with E-state index in [4.69, 9.17) is 9.72 Å². The third kappa shape index (κ3) is 3.11. The van der Waals surface area contributed by atoms with Crippen LogP contribution < -0.4 is 0 Å². The number of likely N-dealkylation sites (tertiary alicyclic amines) is 1. The average Bonchev–Trinajstić information content (AvgIpc) is 3.19. The van der Waals surface area contributed by atoms with E-state index >= 15 is 0 Å². The van der Waals surface area contributed by atoms with Crippen molar-refractivity contribution < 1.29 is 9.53 Å². The first-order valence-corrected chi connectivity index (χ1v) is 8.58. The van der Waals surface area contributed by atoms with Crippen LogP contribution in [0, 0.1) is 0 Å². The summed E-state index contributed by atoms with van der Waals surface area (Å²) in [7, 11) is 0. The molecule has 1 atom stereocenters. The van der Waals surface area contributed by atoms with Crippen LogP contribution in [0.15, 0.2) is 24.3 Å². The molecule has 1 amide bonds. The van der Waals surface area contributed by atoms with Crippen LogP contribution in [0.1, 0.15) is 45.0 Å². The molecule has 0 aliphatic carbocycles. The molecule has 5 nitrogen and oxygen atoms in total. The van der Waals surface area contributed by atoms with E-state index in [0.717, 1.165) is 42.8 Å². The number of fused-ring (bicyclic) bond motifs is 1. The topological polar surface area (TPSA) is 47.4 Å². The number of nitrogens with zero attached hydrogens (tertiary/aromatic N) is 3. The number of rotatable bonds is 6. The highest BCUT2D eigenvalue weighted by Gasteiger charge is 2.32. The predicted molar refractivity (Wildman–Crippen MR) is 90.2 cm³/mol. The van der Waals surface area contributed by atoms with Crippen molar-refractivity contribution in [1.29, 1.82) is 0 Å². The Morgan fingerprint density at radius 3 is 2.96 bits per heavy atom. The Morgan fingerprint density at radius 1 is 1.35 bits per heavy atom. The Balaban J connectivity index is 1.98. The first-order valence-electron chi connectivity index (χ1n) is 8.58. The molecule has 1 fully saturated rings. The van der Waals surface area contributed by atoms with E-state index < -0.39 is 0 Å². The summed E-state index contributed by atoms with van der Waals surface area (Å²) in [5, 5.41) is 0. The Morgan fingerprint density at radius 2 is 2.17 bits per heavy atom. The van der Waals surface area contributed by atoms with Gasteiger partial charge in [0.1, 0.15) is 5.82 Å². The van der Waals surface area contributed by atoms with E-state index in [-0.39, 0.29) is 11.9 Å². The lowest BCUT2D eigenvalue weighted by Crippen LogP contribution is -2.31. The van der Waals surface area contributed by atoms with Gasteiger partial charge in [0.05, 0.1) is 23.7 Å². The second-order valence-corrected chi connectivity index (χ2v) is 5.91. The van der Waals surface area contributed by atoms with E-state index in [9.17, 15) is 4.79 Å². The van der Waals surface area contributed by atoms with Crippen molar-refractivity contribution in [3.63, 3.8) is 0 Å². The smallest absolute Gasteiger partial charge is 0.222 e. The number of aromatic nitrogens is 2. The van der Waals surface area contributed by atoms with Gasteiger partial charge in [-0.05, 0) is 31.9 Å². The summed E-state index contributed by atoms with van der Waals surface area (Å²) in [4.78, 5) is 19.1. The lowest BCUT2D eigenvalue weighted by molar-refractivity contribution is -0.131. The number of ether oxygens (including phenoxy) is 1. The van der Waals surface area contributed by atoms with E-state index in [1.165, 1.54) is 0 Å². The molecular weight excluding hydrogens is 290 g/mol. The minimum Gasteiger partial charge on any atom is -0.380 e. The van der Waals surface area contributed by atoms with Gasteiger partial charge in [0.15, 0.2) is 0 Å². The van der Waals surface area contributed by atoms with Gasteiger partial charge in [0.2, 0.25) is 5.91 Å². The molecule has 2 aromatic rings. The van der Waals surface area contributed by atoms with E-state index in [0.29, 0.717) is 19.6 Å². The molecule has 0 radical (unpaired) electrons. The Kier molecular flexibility index (Phi) is 4.96. The zero-order valence-electron chi connectivity index (χ0n) is 14.0. The fourth-order valence-electron chi connectivity index (χ4n) is 3.42. The SMILES string of the molecule is CCOCCn1c([C@@H]2CCCN2C(=O)CC)nc2ccccc21. The number of imidazole rings is 1. The lowest BCUT2D eigenvalue weighted by atomic mass is 10.2. The molecule has 0 bridgehead atoms. The maximum absolute atomic E-state index is 12.2. The zero-order chi connectivity index (χ0) is 16.2. The largest absolute Gasteiger partial charge is 0.380 e. The standard InChI is InChI=1S/C18H25N3O2/c1-3-17(22)20-11-7-10-16(20)18-19-14-8-5-6-9-15(14)21(18)12-13-23-4-2/h5-6,8-9,16H,3-4,7,10-13H2,1-2H3/t16-/m0/s1. The monoisotopic (exact) mass is 315 g/mol. The number of carbonyl (C=O) groups excluding carboxylic acids is 1. The molecule has 1 aromatic carbocycles. The summed E-state index contributed by atoms with van der Waals surface area (Å²) >= 11 is 0. The molecule has 124 valence electrons. The summed E-state index contributed by atoms with van der Waals surface area (Å²) in [6, 6.07) is 8.27. The predicted octanol–water partition coefficient (Wildman–Crippen LogP) is 3.15. The summed E-state index contributed by atoms with van der Waals surface area (Å²) in [6.45, 7) is 6.92. The van der Waals surface area contributed by atoms with Crippen LogP contribution in [0.3, 0.4) is 0 Å². The van der Waals surface area contributed by atoms with E-state index in [1.54, 1.807) is 0 Å². The van der Waals surface area contributed by atoms with Crippen LogP contribution in [0.2, 0.25) is 0 Å². The van der Waals surface area contributed by atoms with Crippen molar-refractivity contribution in [2.24, 2.45) is 0 Å². The van der Waals surface area contributed by atoms with Crippen molar-refractivity contribution in [2.45, 2.75) is 45.7 Å². The Hall–Kier alpha value is -1.88. The minimum absolute atomic E-state index is 0.0940. The highest BCUT2D eigenvalue weighted by Crippen LogP contribution is 2.33. The van der Waals surface area contributed by atoms with Crippen molar-refractivity contribution in [3.8, 4) is 0 Å². The first kappa shape index (κ1) is 16.0. The molecule has 0 spiro atoms. The van der Waals surface area contributed by atoms with Crippen LogP contribution in [0.4, 0.5) is 0 Å². The molecule has 0 unspecified atom stereocenters. The van der Waals surface area contributed by atoms with Gasteiger partial charge in [0.25, 0.3) is 0 Å². The van der Waals surface area contributed by atoms with E-state index in [1.807, 2.05) is 36.9 Å². The molecule has 0 saturated carbocycles. The van der Waals surface area contributed by atoms with Gasteiger partial charge in [-0.25, -0.2) is 4.98 Å². The van der Waals surface area contributed by atoms with Gasteiger partial charge in [0, 0.05) is 26.1 Å². The molecule has 0 N–H and O–H groups in total. The highest BCUT2D eigenvalue weighted by molar-refractivity contribution is 5.78. The zero-order valence-corrected chi connectivity index (χ0v) is 14.0. The van der Waals surface area contributed by atoms with Gasteiger partial charge in [-0.1, -0.05) is 19.1 Å². The molecule has 1 aliphatic heterocycles. The normalized spacial score (nSPS) is 18.0.